The van der Waals surface area contributed by atoms with Crippen LogP contribution in [-0.2, 0) is 0 Å². The largest absolute Gasteiger partial charge is 0.261 e. The van der Waals surface area contributed by atoms with Gasteiger partial charge in [0.1, 0.15) is 0 Å². The van der Waals surface area contributed by atoms with Crippen molar-refractivity contribution < 1.29 is 0 Å². The molecule has 1 heterocycles. The molecule has 1 heteroatoms. The first-order valence-corrected chi connectivity index (χ1v) is 3.88. The average molecular weight is 147 g/mol. The van der Waals surface area contributed by atoms with Gasteiger partial charge in [-0.1, -0.05) is 32.1 Å². The molecule has 0 aromatic heterocycles. The highest BCUT2D eigenvalue weighted by molar-refractivity contribution is 5.73. The predicted octanol–water partition coefficient (Wildman–Crippen LogP) is 2.72. The van der Waals surface area contributed by atoms with Gasteiger partial charge in [-0.05, 0) is 18.1 Å². The zero-order chi connectivity index (χ0) is 8.10. The lowest BCUT2D eigenvalue weighted by atomic mass is 10.1. The maximum atomic E-state index is 4.28. The Labute approximate surface area is 67.8 Å². The zero-order valence-corrected chi connectivity index (χ0v) is 6.99. The first-order valence-electron chi connectivity index (χ1n) is 3.88. The molecule has 58 valence electrons. The molecule has 0 saturated carbocycles. The van der Waals surface area contributed by atoms with E-state index >= 15 is 0 Å². The third-order valence-corrected chi connectivity index (χ3v) is 1.50. The Morgan fingerprint density at radius 2 is 1.82 bits per heavy atom. The second-order valence-corrected chi connectivity index (χ2v) is 2.79. The van der Waals surface area contributed by atoms with Gasteiger partial charge in [-0.3, -0.25) is 4.99 Å². The molecule has 0 unspecified atom stereocenters. The summed E-state index contributed by atoms with van der Waals surface area (Å²) in [4.78, 5) is 4.28. The van der Waals surface area contributed by atoms with Gasteiger partial charge in [-0.25, -0.2) is 0 Å². The van der Waals surface area contributed by atoms with E-state index < -0.39 is 0 Å². The van der Waals surface area contributed by atoms with Gasteiger partial charge in [0.25, 0.3) is 0 Å². The number of rotatable bonds is 1. The highest BCUT2D eigenvalue weighted by Gasteiger charge is 1.97. The second kappa shape index (κ2) is 3.91. The lowest BCUT2D eigenvalue weighted by Gasteiger charge is -2.03. The van der Waals surface area contributed by atoms with Gasteiger partial charge < -0.3 is 0 Å². The van der Waals surface area contributed by atoms with Crippen molar-refractivity contribution in [1.29, 1.82) is 0 Å². The normalized spacial score (nSPS) is 29.9. The molecule has 1 nitrogen and oxygen atoms in total. The lowest BCUT2D eigenvalue weighted by molar-refractivity contribution is 0.759. The number of nitrogens with zero attached hydrogens (tertiary/aromatic N) is 1. The van der Waals surface area contributed by atoms with Gasteiger partial charge in [0.15, 0.2) is 0 Å². The predicted molar refractivity (Wildman–Crippen MR) is 49.7 cm³/mol. The van der Waals surface area contributed by atoms with E-state index in [1.807, 2.05) is 36.6 Å². The van der Waals surface area contributed by atoms with Crippen LogP contribution in [0.3, 0.4) is 0 Å². The summed E-state index contributed by atoms with van der Waals surface area (Å²) < 4.78 is 0. The molecule has 11 heavy (non-hydrogen) atoms. The summed E-state index contributed by atoms with van der Waals surface area (Å²) in [6, 6.07) is 0. The van der Waals surface area contributed by atoms with Crippen molar-refractivity contribution >= 4 is 6.21 Å². The van der Waals surface area contributed by atoms with E-state index in [4.69, 9.17) is 0 Å². The number of hydrogen-bond donors (Lipinski definition) is 0. The van der Waals surface area contributed by atoms with Crippen LogP contribution >= 0.6 is 0 Å². The van der Waals surface area contributed by atoms with Crippen LogP contribution in [0.25, 0.3) is 0 Å². The molecule has 0 saturated heterocycles. The van der Waals surface area contributed by atoms with Crippen LogP contribution in [-0.4, -0.2) is 6.21 Å². The summed E-state index contributed by atoms with van der Waals surface area (Å²) in [7, 11) is 0. The second-order valence-electron chi connectivity index (χ2n) is 2.79. The molecule has 0 amide bonds. The molecule has 0 aliphatic carbocycles. The van der Waals surface area contributed by atoms with Gasteiger partial charge >= 0.3 is 0 Å². The molecule has 0 N–H and O–H groups in total. The molecule has 0 fully saturated rings. The molecule has 0 spiro atoms. The van der Waals surface area contributed by atoms with Gasteiger partial charge in [0.2, 0.25) is 0 Å². The van der Waals surface area contributed by atoms with Crippen LogP contribution in [0.2, 0.25) is 0 Å². The highest BCUT2D eigenvalue weighted by atomic mass is 14.7. The van der Waals surface area contributed by atoms with E-state index in [0.717, 1.165) is 5.70 Å². The standard InChI is InChI=1S/C10H13N/c1-9(2)10-7-5-3-4-6-8-11-10/h3-9H,1-2H3/b4-3?,5-3-,6-4+,7-5?,8-6?,10-7-,11-8+,11-10?. The summed E-state index contributed by atoms with van der Waals surface area (Å²) >= 11 is 0. The van der Waals surface area contributed by atoms with Gasteiger partial charge in [0.05, 0.1) is 0 Å². The molecular weight excluding hydrogens is 134 g/mol. The lowest BCUT2D eigenvalue weighted by Crippen LogP contribution is -1.90. The van der Waals surface area contributed by atoms with E-state index in [1.54, 1.807) is 0 Å². The van der Waals surface area contributed by atoms with Crippen LogP contribution in [0.4, 0.5) is 0 Å². The topological polar surface area (TPSA) is 12.4 Å². The van der Waals surface area contributed by atoms with E-state index in [-0.39, 0.29) is 0 Å². The number of aliphatic imine (C=N–C) groups is 1. The van der Waals surface area contributed by atoms with Crippen LogP contribution < -0.4 is 0 Å². The van der Waals surface area contributed by atoms with Gasteiger partial charge in [-0.15, -0.1) is 0 Å². The average Bonchev–Trinajstić information content (AvgIpc) is 1.84. The first kappa shape index (κ1) is 7.99. The van der Waals surface area contributed by atoms with E-state index in [1.165, 1.54) is 0 Å². The molecule has 1 aliphatic rings. The summed E-state index contributed by atoms with van der Waals surface area (Å²) in [6.45, 7) is 4.28. The van der Waals surface area contributed by atoms with Crippen molar-refractivity contribution in [3.63, 3.8) is 0 Å². The molecular formula is C10H13N. The Kier molecular flexibility index (Phi) is 2.84. The van der Waals surface area contributed by atoms with Crippen molar-refractivity contribution in [2.45, 2.75) is 13.8 Å². The minimum absolute atomic E-state index is 0.502. The maximum Gasteiger partial charge on any atom is 0.0428 e. The Morgan fingerprint density at radius 3 is 2.55 bits per heavy atom. The van der Waals surface area contributed by atoms with Crippen LogP contribution in [0, 0.1) is 5.92 Å². The summed E-state index contributed by atoms with van der Waals surface area (Å²) in [5.41, 5.74) is 1.13. The molecule has 1 rings (SSSR count). The maximum absolute atomic E-state index is 4.28. The van der Waals surface area contributed by atoms with Crippen LogP contribution in [0.15, 0.2) is 41.1 Å². The summed E-state index contributed by atoms with van der Waals surface area (Å²) in [5, 5.41) is 0. The number of allylic oxidation sites excluding steroid dienone is 6. The molecule has 0 aromatic carbocycles. The Hall–Kier alpha value is -1.11. The fourth-order valence-electron chi connectivity index (χ4n) is 0.846. The van der Waals surface area contributed by atoms with Crippen LogP contribution in [0.5, 0.6) is 0 Å². The summed E-state index contributed by atoms with van der Waals surface area (Å²) in [5.74, 6) is 0.502. The van der Waals surface area contributed by atoms with E-state index in [2.05, 4.69) is 18.8 Å². The van der Waals surface area contributed by atoms with E-state index in [0.29, 0.717) is 5.92 Å². The van der Waals surface area contributed by atoms with Crippen molar-refractivity contribution in [2.75, 3.05) is 0 Å². The van der Waals surface area contributed by atoms with Crippen molar-refractivity contribution in [3.05, 3.63) is 36.1 Å². The molecule has 0 aromatic rings. The Morgan fingerprint density at radius 1 is 1.09 bits per heavy atom. The Balaban J connectivity index is 2.78. The molecule has 0 radical (unpaired) electrons. The van der Waals surface area contributed by atoms with Crippen molar-refractivity contribution in [1.82, 2.24) is 0 Å². The quantitative estimate of drug-likeness (QED) is 0.540. The fourth-order valence-corrected chi connectivity index (χ4v) is 0.846. The summed E-state index contributed by atoms with van der Waals surface area (Å²) in [6.07, 6.45) is 11.8. The molecule has 0 bridgehead atoms. The van der Waals surface area contributed by atoms with Gasteiger partial charge in [-0.2, -0.15) is 0 Å². The minimum atomic E-state index is 0.502. The van der Waals surface area contributed by atoms with Crippen molar-refractivity contribution in [2.24, 2.45) is 10.9 Å². The zero-order valence-electron chi connectivity index (χ0n) is 6.99. The highest BCUT2D eigenvalue weighted by Crippen LogP contribution is 2.11. The molecule has 1 aliphatic heterocycles. The third kappa shape index (κ3) is 2.54. The minimum Gasteiger partial charge on any atom is -0.261 e. The fraction of sp³-hybridized carbons (Fsp3) is 0.300. The Bertz CT molecular complexity index is 229. The van der Waals surface area contributed by atoms with E-state index in [9.17, 15) is 0 Å². The first-order chi connectivity index (χ1) is 5.30. The third-order valence-electron chi connectivity index (χ3n) is 1.50. The van der Waals surface area contributed by atoms with Crippen LogP contribution in [0.1, 0.15) is 13.8 Å². The smallest absolute Gasteiger partial charge is 0.0428 e. The SMILES string of the molecule is CC(C)C1=C/C=C\C=C\C=N\1. The van der Waals surface area contributed by atoms with Gasteiger partial charge in [0, 0.05) is 11.9 Å². The number of hydrogen-bond acceptors (Lipinski definition) is 1. The molecule has 0 atom stereocenters. The van der Waals surface area contributed by atoms with Crippen molar-refractivity contribution in [3.8, 4) is 0 Å². The monoisotopic (exact) mass is 147 g/mol.